The standard InChI is InChI=1S/C16H28N2O2/c1-10(2)8-12-14(16(12,5)6)15(20)18(7)9-13(19)17-11(3)4/h8,11-12,14H,9H2,1-7H3,(H,17,19)/t12-,14-/m0/s1. The molecule has 1 fully saturated rings. The fraction of sp³-hybridized carbons (Fsp3) is 0.750. The fourth-order valence-electron chi connectivity index (χ4n) is 2.72. The van der Waals surface area contributed by atoms with Gasteiger partial charge >= 0.3 is 0 Å². The minimum absolute atomic E-state index is 0.00284. The zero-order valence-electron chi connectivity index (χ0n) is 13.8. The maximum atomic E-state index is 12.5. The second-order valence-corrected chi connectivity index (χ2v) is 6.99. The van der Waals surface area contributed by atoms with Crippen molar-refractivity contribution in [3.05, 3.63) is 11.6 Å². The molecule has 1 aliphatic carbocycles. The number of allylic oxidation sites excluding steroid dienone is 2. The van der Waals surface area contributed by atoms with E-state index in [0.717, 1.165) is 0 Å². The van der Waals surface area contributed by atoms with Crippen LogP contribution in [0, 0.1) is 17.3 Å². The molecule has 0 aromatic carbocycles. The summed E-state index contributed by atoms with van der Waals surface area (Å²) in [5.74, 6) is 0.245. The Labute approximate surface area is 122 Å². The lowest BCUT2D eigenvalue weighted by atomic mass is 10.1. The van der Waals surface area contributed by atoms with E-state index in [9.17, 15) is 9.59 Å². The zero-order valence-corrected chi connectivity index (χ0v) is 13.8. The van der Waals surface area contributed by atoms with Crippen molar-refractivity contribution in [2.75, 3.05) is 13.6 Å². The molecule has 0 aromatic rings. The first-order chi connectivity index (χ1) is 9.07. The molecule has 1 N–H and O–H groups in total. The van der Waals surface area contributed by atoms with Crippen molar-refractivity contribution in [1.29, 1.82) is 0 Å². The Bertz CT molecular complexity index is 420. The first-order valence-electron chi connectivity index (χ1n) is 7.26. The second-order valence-electron chi connectivity index (χ2n) is 6.99. The first-order valence-corrected chi connectivity index (χ1v) is 7.26. The molecule has 0 unspecified atom stereocenters. The molecule has 2 amide bonds. The van der Waals surface area contributed by atoms with E-state index in [1.54, 1.807) is 11.9 Å². The first kappa shape index (κ1) is 16.7. The highest BCUT2D eigenvalue weighted by atomic mass is 16.2. The largest absolute Gasteiger partial charge is 0.352 e. The molecular formula is C16H28N2O2. The van der Waals surface area contributed by atoms with Crippen molar-refractivity contribution in [3.8, 4) is 0 Å². The predicted octanol–water partition coefficient (Wildman–Crippen LogP) is 2.21. The van der Waals surface area contributed by atoms with Crippen LogP contribution in [0.3, 0.4) is 0 Å². The molecule has 20 heavy (non-hydrogen) atoms. The van der Waals surface area contributed by atoms with Crippen LogP contribution in [-0.2, 0) is 9.59 Å². The van der Waals surface area contributed by atoms with Gasteiger partial charge in [-0.25, -0.2) is 0 Å². The number of amides is 2. The minimum Gasteiger partial charge on any atom is -0.352 e. The third-order valence-electron chi connectivity index (χ3n) is 3.90. The lowest BCUT2D eigenvalue weighted by molar-refractivity contribution is -0.136. The van der Waals surface area contributed by atoms with Crippen molar-refractivity contribution < 1.29 is 9.59 Å². The van der Waals surface area contributed by atoms with Gasteiger partial charge in [0.1, 0.15) is 0 Å². The molecule has 0 aromatic heterocycles. The highest BCUT2D eigenvalue weighted by Gasteiger charge is 2.60. The summed E-state index contributed by atoms with van der Waals surface area (Å²) in [6, 6.07) is 0.0989. The summed E-state index contributed by atoms with van der Waals surface area (Å²) in [6.45, 7) is 12.3. The van der Waals surface area contributed by atoms with E-state index in [0.29, 0.717) is 0 Å². The van der Waals surface area contributed by atoms with Gasteiger partial charge in [-0.1, -0.05) is 25.5 Å². The number of hydrogen-bond acceptors (Lipinski definition) is 2. The van der Waals surface area contributed by atoms with Gasteiger partial charge < -0.3 is 10.2 Å². The summed E-state index contributed by atoms with van der Waals surface area (Å²) >= 11 is 0. The molecule has 0 heterocycles. The number of carbonyl (C=O) groups is 2. The number of nitrogens with one attached hydrogen (secondary N) is 1. The van der Waals surface area contributed by atoms with Gasteiger partial charge in [-0.15, -0.1) is 0 Å². The van der Waals surface area contributed by atoms with Gasteiger partial charge in [-0.3, -0.25) is 9.59 Å². The van der Waals surface area contributed by atoms with Crippen molar-refractivity contribution in [3.63, 3.8) is 0 Å². The summed E-state index contributed by atoms with van der Waals surface area (Å²) < 4.78 is 0. The molecule has 4 nitrogen and oxygen atoms in total. The van der Waals surface area contributed by atoms with Crippen LogP contribution in [0.15, 0.2) is 11.6 Å². The molecule has 0 bridgehead atoms. The van der Waals surface area contributed by atoms with Crippen molar-refractivity contribution in [2.45, 2.75) is 47.6 Å². The van der Waals surface area contributed by atoms with Crippen LogP contribution >= 0.6 is 0 Å². The fourth-order valence-corrected chi connectivity index (χ4v) is 2.72. The van der Waals surface area contributed by atoms with Gasteiger partial charge in [0.15, 0.2) is 0 Å². The molecule has 0 spiro atoms. The van der Waals surface area contributed by atoms with Crippen LogP contribution in [0.5, 0.6) is 0 Å². The van der Waals surface area contributed by atoms with Gasteiger partial charge in [-0.2, -0.15) is 0 Å². The molecule has 0 aliphatic heterocycles. The third-order valence-corrected chi connectivity index (χ3v) is 3.90. The average Bonchev–Trinajstić information content (AvgIpc) is 2.76. The number of nitrogens with zero attached hydrogens (tertiary/aromatic N) is 1. The predicted molar refractivity (Wildman–Crippen MR) is 81.1 cm³/mol. The van der Waals surface area contributed by atoms with Gasteiger partial charge in [0.25, 0.3) is 0 Å². The number of likely N-dealkylation sites (N-methyl/N-ethyl adjacent to an activating group) is 1. The average molecular weight is 280 g/mol. The Kier molecular flexibility index (Phi) is 5.00. The summed E-state index contributed by atoms with van der Waals surface area (Å²) in [6.07, 6.45) is 2.17. The molecule has 0 radical (unpaired) electrons. The lowest BCUT2D eigenvalue weighted by Gasteiger charge is -2.18. The summed E-state index contributed by atoms with van der Waals surface area (Å²) in [7, 11) is 1.70. The monoisotopic (exact) mass is 280 g/mol. The Hall–Kier alpha value is -1.32. The van der Waals surface area contributed by atoms with Gasteiger partial charge in [-0.05, 0) is 39.0 Å². The van der Waals surface area contributed by atoms with Crippen molar-refractivity contribution >= 4 is 11.8 Å². The third kappa shape index (κ3) is 3.84. The van der Waals surface area contributed by atoms with Crippen LogP contribution in [0.25, 0.3) is 0 Å². The number of rotatable bonds is 5. The summed E-state index contributed by atoms with van der Waals surface area (Å²) in [4.78, 5) is 25.7. The van der Waals surface area contributed by atoms with Crippen molar-refractivity contribution in [1.82, 2.24) is 10.2 Å². The Balaban J connectivity index is 2.63. The smallest absolute Gasteiger partial charge is 0.239 e. The van der Waals surface area contributed by atoms with Crippen LogP contribution in [-0.4, -0.2) is 36.3 Å². The topological polar surface area (TPSA) is 49.4 Å². The molecule has 1 aliphatic rings. The van der Waals surface area contributed by atoms with Crippen molar-refractivity contribution in [2.24, 2.45) is 17.3 Å². The molecular weight excluding hydrogens is 252 g/mol. The van der Waals surface area contributed by atoms with Crippen LogP contribution in [0.1, 0.15) is 41.5 Å². The Morgan fingerprint density at radius 1 is 1.30 bits per heavy atom. The SMILES string of the molecule is CC(C)=C[C@H]1[C@@H](C(=O)N(C)CC(=O)NC(C)C)C1(C)C. The van der Waals surface area contributed by atoms with E-state index in [2.05, 4.69) is 39.1 Å². The molecule has 1 saturated carbocycles. The number of carbonyl (C=O) groups excluding carboxylic acids is 2. The van der Waals surface area contributed by atoms with Crippen LogP contribution in [0.2, 0.25) is 0 Å². The quantitative estimate of drug-likeness (QED) is 0.785. The van der Waals surface area contributed by atoms with E-state index >= 15 is 0 Å². The van der Waals surface area contributed by atoms with Gasteiger partial charge in [0.2, 0.25) is 11.8 Å². The lowest BCUT2D eigenvalue weighted by Crippen LogP contribution is -2.41. The van der Waals surface area contributed by atoms with E-state index in [1.807, 2.05) is 13.8 Å². The van der Waals surface area contributed by atoms with E-state index in [4.69, 9.17) is 0 Å². The molecule has 114 valence electrons. The molecule has 1 rings (SSSR count). The molecule has 0 saturated heterocycles. The normalized spacial score (nSPS) is 23.2. The zero-order chi connectivity index (χ0) is 15.7. The van der Waals surface area contributed by atoms with E-state index < -0.39 is 0 Å². The Morgan fingerprint density at radius 2 is 1.85 bits per heavy atom. The maximum absolute atomic E-state index is 12.5. The second kappa shape index (κ2) is 5.98. The van der Waals surface area contributed by atoms with E-state index in [1.165, 1.54) is 5.57 Å². The summed E-state index contributed by atoms with van der Waals surface area (Å²) in [5.41, 5.74) is 1.23. The highest BCUT2D eigenvalue weighted by Crippen LogP contribution is 2.59. The Morgan fingerprint density at radius 3 is 2.30 bits per heavy atom. The number of hydrogen-bond donors (Lipinski definition) is 1. The van der Waals surface area contributed by atoms with Gasteiger partial charge in [0.05, 0.1) is 12.5 Å². The maximum Gasteiger partial charge on any atom is 0.239 e. The summed E-state index contributed by atoms with van der Waals surface area (Å²) in [5, 5.41) is 2.81. The van der Waals surface area contributed by atoms with Crippen LogP contribution in [0.4, 0.5) is 0 Å². The highest BCUT2D eigenvalue weighted by molar-refractivity contribution is 5.88. The minimum atomic E-state index is -0.104. The molecule has 2 atom stereocenters. The van der Waals surface area contributed by atoms with Crippen LogP contribution < -0.4 is 5.32 Å². The van der Waals surface area contributed by atoms with E-state index in [-0.39, 0.29) is 41.7 Å². The van der Waals surface area contributed by atoms with Gasteiger partial charge in [0, 0.05) is 13.1 Å². The molecule has 4 heteroatoms.